The lowest BCUT2D eigenvalue weighted by Gasteiger charge is -2.34. The molecule has 2 aromatic carbocycles. The van der Waals surface area contributed by atoms with Crippen LogP contribution in [-0.4, -0.2) is 69.9 Å². The molecule has 9 heteroatoms. The van der Waals surface area contributed by atoms with E-state index < -0.39 is 6.10 Å². The highest BCUT2D eigenvalue weighted by atomic mass is 16.6. The molecule has 9 nitrogen and oxygen atoms in total. The van der Waals surface area contributed by atoms with Crippen molar-refractivity contribution in [1.29, 1.82) is 0 Å². The maximum atomic E-state index is 12.9. The maximum absolute atomic E-state index is 12.9. The number of hydrogen-bond acceptors (Lipinski definition) is 6. The number of rotatable bonds is 4. The number of fused-ring (bicyclic) bond motifs is 1. The predicted molar refractivity (Wildman–Crippen MR) is 107 cm³/mol. The molecule has 2 aliphatic heterocycles. The van der Waals surface area contributed by atoms with Gasteiger partial charge in [0.2, 0.25) is 11.9 Å². The van der Waals surface area contributed by atoms with Crippen LogP contribution in [0, 0.1) is 0 Å². The minimum Gasteiger partial charge on any atom is -0.485 e. The SMILES string of the molecule is O=C([C@H]1COc2ccccc2O1)N1CC[NH+](Cn2nnc(-c3ccccc3)n2)CC1. The van der Waals surface area contributed by atoms with E-state index in [2.05, 4.69) is 15.4 Å². The Morgan fingerprint density at radius 3 is 2.57 bits per heavy atom. The lowest BCUT2D eigenvalue weighted by Crippen LogP contribution is -3.14. The van der Waals surface area contributed by atoms with E-state index in [9.17, 15) is 4.79 Å². The molecule has 0 spiro atoms. The highest BCUT2D eigenvalue weighted by Crippen LogP contribution is 2.31. The molecule has 5 rings (SSSR count). The molecule has 1 fully saturated rings. The molecule has 2 aliphatic rings. The third-order valence-electron chi connectivity index (χ3n) is 5.42. The number of ether oxygens (including phenoxy) is 2. The number of quaternary nitrogens is 1. The molecule has 1 amide bonds. The molecule has 0 bridgehead atoms. The van der Waals surface area contributed by atoms with E-state index >= 15 is 0 Å². The summed E-state index contributed by atoms with van der Waals surface area (Å²) < 4.78 is 11.5. The van der Waals surface area contributed by atoms with Gasteiger partial charge in [0.25, 0.3) is 5.91 Å². The lowest BCUT2D eigenvalue weighted by atomic mass is 10.2. The molecule has 0 radical (unpaired) electrons. The van der Waals surface area contributed by atoms with Gasteiger partial charge in [-0.1, -0.05) is 42.5 Å². The maximum Gasteiger partial charge on any atom is 0.267 e. The molecule has 0 unspecified atom stereocenters. The largest absolute Gasteiger partial charge is 0.485 e. The van der Waals surface area contributed by atoms with Gasteiger partial charge in [0.1, 0.15) is 6.61 Å². The number of tetrazole rings is 1. The van der Waals surface area contributed by atoms with Gasteiger partial charge in [-0.05, 0) is 17.3 Å². The van der Waals surface area contributed by atoms with Crippen LogP contribution >= 0.6 is 0 Å². The molecule has 1 N–H and O–H groups in total. The van der Waals surface area contributed by atoms with Crippen LogP contribution < -0.4 is 14.4 Å². The smallest absolute Gasteiger partial charge is 0.267 e. The van der Waals surface area contributed by atoms with Crippen molar-refractivity contribution in [3.05, 3.63) is 54.6 Å². The van der Waals surface area contributed by atoms with Crippen molar-refractivity contribution in [2.45, 2.75) is 12.8 Å². The second-order valence-electron chi connectivity index (χ2n) is 7.45. The van der Waals surface area contributed by atoms with E-state index in [1.165, 1.54) is 4.90 Å². The summed E-state index contributed by atoms with van der Waals surface area (Å²) in [4.78, 5) is 17.7. The van der Waals surface area contributed by atoms with Gasteiger partial charge in [0.15, 0.2) is 18.2 Å². The van der Waals surface area contributed by atoms with Crippen LogP contribution in [0.2, 0.25) is 0 Å². The van der Waals surface area contributed by atoms with Crippen molar-refractivity contribution in [2.75, 3.05) is 32.8 Å². The van der Waals surface area contributed by atoms with E-state index in [0.29, 0.717) is 37.1 Å². The minimum absolute atomic E-state index is 0.0196. The van der Waals surface area contributed by atoms with Gasteiger partial charge >= 0.3 is 0 Å². The average Bonchev–Trinajstić information content (AvgIpc) is 3.28. The normalized spacial score (nSPS) is 18.9. The Morgan fingerprint density at radius 1 is 1.03 bits per heavy atom. The minimum atomic E-state index is -0.591. The first kappa shape index (κ1) is 18.6. The number of carbonyl (C=O) groups excluding carboxylic acids is 1. The van der Waals surface area contributed by atoms with Gasteiger partial charge < -0.3 is 19.3 Å². The topological polar surface area (TPSA) is 86.8 Å². The highest BCUT2D eigenvalue weighted by Gasteiger charge is 2.33. The number of nitrogens with one attached hydrogen (secondary N) is 1. The zero-order valence-electron chi connectivity index (χ0n) is 16.5. The quantitative estimate of drug-likeness (QED) is 0.648. The highest BCUT2D eigenvalue weighted by molar-refractivity contribution is 5.82. The number of benzene rings is 2. The summed E-state index contributed by atoms with van der Waals surface area (Å²) in [5.41, 5.74) is 0.949. The molecule has 0 aliphatic carbocycles. The Bertz CT molecular complexity index is 1020. The summed E-state index contributed by atoms with van der Waals surface area (Å²) in [6.45, 7) is 3.83. The Labute approximate surface area is 173 Å². The molecule has 154 valence electrons. The number of carbonyl (C=O) groups is 1. The zero-order valence-corrected chi connectivity index (χ0v) is 16.5. The van der Waals surface area contributed by atoms with Crippen LogP contribution in [-0.2, 0) is 11.5 Å². The molecular formula is C21H23N6O3+. The van der Waals surface area contributed by atoms with Crippen molar-refractivity contribution in [2.24, 2.45) is 0 Å². The fourth-order valence-electron chi connectivity index (χ4n) is 3.76. The van der Waals surface area contributed by atoms with Crippen molar-refractivity contribution in [3.8, 4) is 22.9 Å². The Hall–Kier alpha value is -3.46. The molecular weight excluding hydrogens is 384 g/mol. The first-order chi connectivity index (χ1) is 14.8. The van der Waals surface area contributed by atoms with E-state index in [1.54, 1.807) is 4.80 Å². The third-order valence-corrected chi connectivity index (χ3v) is 5.42. The number of nitrogens with zero attached hydrogens (tertiary/aromatic N) is 5. The van der Waals surface area contributed by atoms with E-state index in [-0.39, 0.29) is 12.5 Å². The van der Waals surface area contributed by atoms with Gasteiger partial charge in [0, 0.05) is 5.56 Å². The summed E-state index contributed by atoms with van der Waals surface area (Å²) in [5.74, 6) is 1.91. The first-order valence-electron chi connectivity index (χ1n) is 10.1. The summed E-state index contributed by atoms with van der Waals surface area (Å²) in [6, 6.07) is 17.2. The van der Waals surface area contributed by atoms with Gasteiger partial charge in [-0.25, -0.2) is 0 Å². The fourth-order valence-corrected chi connectivity index (χ4v) is 3.76. The number of piperazine rings is 1. The number of para-hydroxylation sites is 2. The second-order valence-corrected chi connectivity index (χ2v) is 7.45. The summed E-state index contributed by atoms with van der Waals surface area (Å²) in [5, 5.41) is 12.8. The van der Waals surface area contributed by atoms with Crippen molar-refractivity contribution in [1.82, 2.24) is 25.1 Å². The van der Waals surface area contributed by atoms with Crippen LogP contribution in [0.15, 0.2) is 54.6 Å². The fraction of sp³-hybridized carbons (Fsp3) is 0.333. The first-order valence-corrected chi connectivity index (χ1v) is 10.1. The lowest BCUT2D eigenvalue weighted by molar-refractivity contribution is -0.927. The van der Waals surface area contributed by atoms with E-state index in [0.717, 1.165) is 18.7 Å². The van der Waals surface area contributed by atoms with Gasteiger partial charge in [-0.2, -0.15) is 0 Å². The van der Waals surface area contributed by atoms with Crippen molar-refractivity contribution < 1.29 is 19.2 Å². The third kappa shape index (κ3) is 3.84. The average molecular weight is 407 g/mol. The Kier molecular flexibility index (Phi) is 5.02. The second kappa shape index (κ2) is 8.11. The van der Waals surface area contributed by atoms with Crippen LogP contribution in [0.5, 0.6) is 11.5 Å². The van der Waals surface area contributed by atoms with Crippen LogP contribution in [0.4, 0.5) is 0 Å². The number of hydrogen-bond donors (Lipinski definition) is 1. The molecule has 3 aromatic rings. The van der Waals surface area contributed by atoms with Gasteiger partial charge in [-0.15, -0.1) is 15.0 Å². The standard InChI is InChI=1S/C21H22N6O3/c28-21(19-14-29-17-8-4-5-9-18(17)30-19)26-12-10-25(11-13-26)15-27-23-20(22-24-27)16-6-2-1-3-7-16/h1-9,19H,10-15H2/p+1/t19-/m1/s1. The van der Waals surface area contributed by atoms with Crippen LogP contribution in [0.3, 0.4) is 0 Å². The van der Waals surface area contributed by atoms with Gasteiger partial charge in [-0.3, -0.25) is 4.79 Å². The molecule has 1 aromatic heterocycles. The number of aromatic nitrogens is 4. The van der Waals surface area contributed by atoms with Crippen molar-refractivity contribution >= 4 is 5.91 Å². The van der Waals surface area contributed by atoms with E-state index in [1.807, 2.05) is 59.5 Å². The molecule has 1 atom stereocenters. The monoisotopic (exact) mass is 407 g/mol. The van der Waals surface area contributed by atoms with Crippen LogP contribution in [0.1, 0.15) is 0 Å². The van der Waals surface area contributed by atoms with Crippen LogP contribution in [0.25, 0.3) is 11.4 Å². The molecule has 1 saturated heterocycles. The Balaban J connectivity index is 1.14. The van der Waals surface area contributed by atoms with Crippen molar-refractivity contribution in [3.63, 3.8) is 0 Å². The molecule has 0 saturated carbocycles. The number of amides is 1. The predicted octanol–water partition coefficient (Wildman–Crippen LogP) is -0.135. The van der Waals surface area contributed by atoms with Gasteiger partial charge in [0.05, 0.1) is 26.2 Å². The summed E-state index contributed by atoms with van der Waals surface area (Å²) in [6.07, 6.45) is -0.591. The summed E-state index contributed by atoms with van der Waals surface area (Å²) in [7, 11) is 0. The molecule has 3 heterocycles. The zero-order chi connectivity index (χ0) is 20.3. The Morgan fingerprint density at radius 2 is 1.77 bits per heavy atom. The summed E-state index contributed by atoms with van der Waals surface area (Å²) >= 11 is 0. The van der Waals surface area contributed by atoms with E-state index in [4.69, 9.17) is 9.47 Å². The molecule has 30 heavy (non-hydrogen) atoms.